The molecule has 1 heterocycles. The van der Waals surface area contributed by atoms with Gasteiger partial charge in [-0.25, -0.2) is 4.68 Å². The summed E-state index contributed by atoms with van der Waals surface area (Å²) < 4.78 is 38.9. The summed E-state index contributed by atoms with van der Waals surface area (Å²) in [7, 11) is 0. The van der Waals surface area contributed by atoms with E-state index in [2.05, 4.69) is 21.0 Å². The lowest BCUT2D eigenvalue weighted by Gasteiger charge is -2.06. The fourth-order valence-electron chi connectivity index (χ4n) is 1.44. The first-order chi connectivity index (χ1) is 8.41. The predicted molar refractivity (Wildman–Crippen MR) is 62.2 cm³/mol. The van der Waals surface area contributed by atoms with E-state index in [-0.39, 0.29) is 6.61 Å². The number of hydrogen-bond donors (Lipinski definition) is 1. The van der Waals surface area contributed by atoms with Gasteiger partial charge in [0.2, 0.25) is 0 Å². The van der Waals surface area contributed by atoms with Gasteiger partial charge in [0.05, 0.1) is 12.3 Å². The molecule has 0 saturated heterocycles. The third-order valence-corrected chi connectivity index (χ3v) is 2.96. The second kappa shape index (κ2) is 4.74. The summed E-state index contributed by atoms with van der Waals surface area (Å²) in [6.07, 6.45) is -3.22. The Morgan fingerprint density at radius 1 is 1.28 bits per heavy atom. The maximum atomic E-state index is 12.4. The molecule has 0 atom stereocenters. The minimum Gasteiger partial charge on any atom is -0.392 e. The van der Waals surface area contributed by atoms with Crippen LogP contribution in [0.5, 0.6) is 0 Å². The molecule has 96 valence electrons. The fraction of sp³-hybridized carbons (Fsp3) is 0.182. The van der Waals surface area contributed by atoms with E-state index >= 15 is 0 Å². The summed E-state index contributed by atoms with van der Waals surface area (Å²) in [5.41, 5.74) is 0.192. The first-order valence-corrected chi connectivity index (χ1v) is 5.73. The standard InChI is InChI=1S/C11H8BrF3N2O/c12-8-5-7(6-18)1-2-9(8)17-4-3-10(16-17)11(13,14)15/h1-5,18H,6H2. The Kier molecular flexibility index (Phi) is 3.45. The molecule has 0 bridgehead atoms. The summed E-state index contributed by atoms with van der Waals surface area (Å²) >= 11 is 3.23. The van der Waals surface area contributed by atoms with Gasteiger partial charge in [0, 0.05) is 10.7 Å². The van der Waals surface area contributed by atoms with E-state index in [0.717, 1.165) is 10.7 Å². The number of rotatable bonds is 2. The molecule has 0 spiro atoms. The van der Waals surface area contributed by atoms with Gasteiger partial charge in [-0.05, 0) is 39.7 Å². The highest BCUT2D eigenvalue weighted by molar-refractivity contribution is 9.10. The van der Waals surface area contributed by atoms with Crippen molar-refractivity contribution in [3.63, 3.8) is 0 Å². The van der Waals surface area contributed by atoms with E-state index < -0.39 is 11.9 Å². The van der Waals surface area contributed by atoms with Gasteiger partial charge in [0.25, 0.3) is 0 Å². The highest BCUT2D eigenvalue weighted by Gasteiger charge is 2.33. The Hall–Kier alpha value is -1.34. The third-order valence-electron chi connectivity index (χ3n) is 2.32. The lowest BCUT2D eigenvalue weighted by molar-refractivity contribution is -0.141. The third kappa shape index (κ3) is 2.56. The highest BCUT2D eigenvalue weighted by Crippen LogP contribution is 2.29. The number of nitrogens with zero attached hydrogens (tertiary/aromatic N) is 2. The van der Waals surface area contributed by atoms with Crippen LogP contribution in [-0.2, 0) is 12.8 Å². The lowest BCUT2D eigenvalue weighted by Crippen LogP contribution is -2.07. The normalized spacial score (nSPS) is 11.8. The maximum Gasteiger partial charge on any atom is 0.435 e. The van der Waals surface area contributed by atoms with Crippen LogP contribution in [0.25, 0.3) is 5.69 Å². The van der Waals surface area contributed by atoms with Gasteiger partial charge in [-0.2, -0.15) is 18.3 Å². The lowest BCUT2D eigenvalue weighted by atomic mass is 10.2. The Morgan fingerprint density at radius 3 is 2.50 bits per heavy atom. The predicted octanol–water partition coefficient (Wildman–Crippen LogP) is 3.15. The largest absolute Gasteiger partial charge is 0.435 e. The molecule has 1 N–H and O–H groups in total. The molecule has 0 fully saturated rings. The summed E-state index contributed by atoms with van der Waals surface area (Å²) in [5, 5.41) is 12.4. The topological polar surface area (TPSA) is 38.0 Å². The van der Waals surface area contributed by atoms with Crippen molar-refractivity contribution in [1.82, 2.24) is 9.78 Å². The van der Waals surface area contributed by atoms with Gasteiger partial charge in [0.1, 0.15) is 0 Å². The zero-order chi connectivity index (χ0) is 13.3. The Labute approximate surface area is 109 Å². The molecule has 2 rings (SSSR count). The molecule has 7 heteroatoms. The number of halogens is 4. The van der Waals surface area contributed by atoms with Gasteiger partial charge in [0.15, 0.2) is 5.69 Å². The minimum atomic E-state index is -4.46. The highest BCUT2D eigenvalue weighted by atomic mass is 79.9. The van der Waals surface area contributed by atoms with E-state index in [1.807, 2.05) is 0 Å². The van der Waals surface area contributed by atoms with Crippen LogP contribution in [0.4, 0.5) is 13.2 Å². The van der Waals surface area contributed by atoms with Crippen LogP contribution in [0.3, 0.4) is 0 Å². The van der Waals surface area contributed by atoms with Crippen LogP contribution in [-0.4, -0.2) is 14.9 Å². The molecular weight excluding hydrogens is 313 g/mol. The SMILES string of the molecule is OCc1ccc(-n2ccc(C(F)(F)F)n2)c(Br)c1. The van der Waals surface area contributed by atoms with Crippen LogP contribution in [0.1, 0.15) is 11.3 Å². The molecule has 0 aliphatic rings. The molecule has 2 aromatic rings. The maximum absolute atomic E-state index is 12.4. The minimum absolute atomic E-state index is 0.133. The Bertz CT molecular complexity index is 566. The van der Waals surface area contributed by atoms with Gasteiger partial charge in [-0.1, -0.05) is 6.07 Å². The van der Waals surface area contributed by atoms with Crippen molar-refractivity contribution in [2.24, 2.45) is 0 Å². The molecule has 1 aromatic heterocycles. The number of aliphatic hydroxyl groups excluding tert-OH is 1. The van der Waals surface area contributed by atoms with Crippen molar-refractivity contribution in [1.29, 1.82) is 0 Å². The molecule has 18 heavy (non-hydrogen) atoms. The van der Waals surface area contributed by atoms with E-state index in [9.17, 15) is 13.2 Å². The first kappa shape index (κ1) is 13.1. The molecule has 0 radical (unpaired) electrons. The van der Waals surface area contributed by atoms with Gasteiger partial charge in [-0.15, -0.1) is 0 Å². The average Bonchev–Trinajstić information content (AvgIpc) is 2.77. The van der Waals surface area contributed by atoms with Gasteiger partial charge in [-0.3, -0.25) is 0 Å². The number of hydrogen-bond acceptors (Lipinski definition) is 2. The zero-order valence-corrected chi connectivity index (χ0v) is 10.5. The second-order valence-corrected chi connectivity index (χ2v) is 4.44. The second-order valence-electron chi connectivity index (χ2n) is 3.59. The summed E-state index contributed by atoms with van der Waals surface area (Å²) in [5.74, 6) is 0. The van der Waals surface area contributed by atoms with Crippen molar-refractivity contribution in [3.8, 4) is 5.69 Å². The monoisotopic (exact) mass is 320 g/mol. The quantitative estimate of drug-likeness (QED) is 0.923. The summed E-state index contributed by atoms with van der Waals surface area (Å²) in [6, 6.07) is 5.74. The van der Waals surface area contributed by atoms with Crippen molar-refractivity contribution in [2.45, 2.75) is 12.8 Å². The van der Waals surface area contributed by atoms with E-state index in [0.29, 0.717) is 15.7 Å². The number of benzene rings is 1. The van der Waals surface area contributed by atoms with Crippen LogP contribution in [0.2, 0.25) is 0 Å². The zero-order valence-electron chi connectivity index (χ0n) is 8.95. The molecule has 3 nitrogen and oxygen atoms in total. The number of aliphatic hydroxyl groups is 1. The molecule has 0 amide bonds. The van der Waals surface area contributed by atoms with Crippen LogP contribution in [0, 0.1) is 0 Å². The smallest absolute Gasteiger partial charge is 0.392 e. The Balaban J connectivity index is 2.40. The molecule has 0 saturated carbocycles. The van der Waals surface area contributed by atoms with Gasteiger partial charge >= 0.3 is 6.18 Å². The van der Waals surface area contributed by atoms with E-state index in [1.165, 1.54) is 6.20 Å². The molecule has 0 aliphatic heterocycles. The van der Waals surface area contributed by atoms with E-state index in [4.69, 9.17) is 5.11 Å². The van der Waals surface area contributed by atoms with Crippen molar-refractivity contribution in [2.75, 3.05) is 0 Å². The average molecular weight is 321 g/mol. The molecule has 0 unspecified atom stereocenters. The summed E-state index contributed by atoms with van der Waals surface area (Å²) in [4.78, 5) is 0. The van der Waals surface area contributed by atoms with Crippen molar-refractivity contribution < 1.29 is 18.3 Å². The Morgan fingerprint density at radius 2 is 2.00 bits per heavy atom. The van der Waals surface area contributed by atoms with Crippen LogP contribution < -0.4 is 0 Å². The fourth-order valence-corrected chi connectivity index (χ4v) is 2.05. The van der Waals surface area contributed by atoms with Crippen LogP contribution >= 0.6 is 15.9 Å². The molecule has 1 aromatic carbocycles. The van der Waals surface area contributed by atoms with Crippen molar-refractivity contribution >= 4 is 15.9 Å². The molecule has 0 aliphatic carbocycles. The molecular formula is C11H8BrF3N2O. The van der Waals surface area contributed by atoms with Crippen LogP contribution in [0.15, 0.2) is 34.9 Å². The van der Waals surface area contributed by atoms with E-state index in [1.54, 1.807) is 18.2 Å². The first-order valence-electron chi connectivity index (χ1n) is 4.94. The number of aromatic nitrogens is 2. The summed E-state index contributed by atoms with van der Waals surface area (Å²) in [6.45, 7) is -0.133. The van der Waals surface area contributed by atoms with Crippen molar-refractivity contribution in [3.05, 3.63) is 46.2 Å². The number of alkyl halides is 3. The van der Waals surface area contributed by atoms with Gasteiger partial charge < -0.3 is 5.11 Å².